The van der Waals surface area contributed by atoms with Crippen molar-refractivity contribution >= 4 is 22.4 Å². The first-order valence-electron chi connectivity index (χ1n) is 7.86. The number of rotatable bonds is 5. The Morgan fingerprint density at radius 3 is 2.44 bits per heavy atom. The van der Waals surface area contributed by atoms with Crippen molar-refractivity contribution in [3.8, 4) is 11.5 Å². The monoisotopic (exact) mass is 339 g/mol. The van der Waals surface area contributed by atoms with Crippen molar-refractivity contribution in [3.63, 3.8) is 0 Å². The summed E-state index contributed by atoms with van der Waals surface area (Å²) in [4.78, 5) is 12.2. The second kappa shape index (κ2) is 7.21. The fraction of sp³-hybridized carbons (Fsp3) is 0.150. The Morgan fingerprint density at radius 1 is 1.00 bits per heavy atom. The number of amides is 1. The molecule has 0 spiro atoms. The molecule has 1 N–H and O–H groups in total. The van der Waals surface area contributed by atoms with Gasteiger partial charge in [0, 0.05) is 5.69 Å². The lowest BCUT2D eigenvalue weighted by Gasteiger charge is -2.15. The van der Waals surface area contributed by atoms with Gasteiger partial charge in [-0.3, -0.25) is 4.79 Å². The zero-order valence-corrected chi connectivity index (χ0v) is 14.0. The minimum Gasteiger partial charge on any atom is -0.497 e. The minimum absolute atomic E-state index is 0.351. The Hall–Kier alpha value is -3.08. The summed E-state index contributed by atoms with van der Waals surface area (Å²) < 4.78 is 24.1. The summed E-state index contributed by atoms with van der Waals surface area (Å²) in [5, 5.41) is 4.63. The Balaban J connectivity index is 1.72. The first-order valence-corrected chi connectivity index (χ1v) is 7.86. The average molecular weight is 339 g/mol. The highest BCUT2D eigenvalue weighted by molar-refractivity contribution is 5.94. The van der Waals surface area contributed by atoms with E-state index in [0.717, 1.165) is 16.5 Å². The standard InChI is InChI=1S/C20H18FNO3/c1-13(20(23)22-17-5-3-4-16(21)12-17)25-19-9-7-14-6-8-18(24-2)10-15(14)11-19/h3-13H,1-2H3,(H,22,23)/t13-/m1/s1. The Bertz CT molecular complexity index is 910. The number of carbonyl (C=O) groups excluding carboxylic acids is 1. The van der Waals surface area contributed by atoms with Gasteiger partial charge < -0.3 is 14.8 Å². The van der Waals surface area contributed by atoms with E-state index < -0.39 is 11.9 Å². The van der Waals surface area contributed by atoms with Gasteiger partial charge in [-0.2, -0.15) is 0 Å². The van der Waals surface area contributed by atoms with Gasteiger partial charge in [0.1, 0.15) is 17.3 Å². The lowest BCUT2D eigenvalue weighted by atomic mass is 10.1. The van der Waals surface area contributed by atoms with Gasteiger partial charge in [0.2, 0.25) is 0 Å². The lowest BCUT2D eigenvalue weighted by Crippen LogP contribution is -2.30. The topological polar surface area (TPSA) is 47.6 Å². The average Bonchev–Trinajstić information content (AvgIpc) is 2.61. The molecule has 4 nitrogen and oxygen atoms in total. The van der Waals surface area contributed by atoms with Gasteiger partial charge in [0.05, 0.1) is 7.11 Å². The summed E-state index contributed by atoms with van der Waals surface area (Å²) in [5.41, 5.74) is 0.392. The summed E-state index contributed by atoms with van der Waals surface area (Å²) in [6.45, 7) is 1.64. The number of ether oxygens (including phenoxy) is 2. The van der Waals surface area contributed by atoms with E-state index >= 15 is 0 Å². The second-order valence-corrected chi connectivity index (χ2v) is 5.63. The second-order valence-electron chi connectivity index (χ2n) is 5.63. The molecule has 0 heterocycles. The van der Waals surface area contributed by atoms with Crippen LogP contribution in [0.3, 0.4) is 0 Å². The molecule has 0 aliphatic carbocycles. The number of hydrogen-bond acceptors (Lipinski definition) is 3. The van der Waals surface area contributed by atoms with Crippen molar-refractivity contribution in [3.05, 3.63) is 66.5 Å². The number of carbonyl (C=O) groups is 1. The zero-order valence-electron chi connectivity index (χ0n) is 14.0. The van der Waals surface area contributed by atoms with Crippen LogP contribution in [0.1, 0.15) is 6.92 Å². The summed E-state index contributed by atoms with van der Waals surface area (Å²) in [6.07, 6.45) is -0.730. The highest BCUT2D eigenvalue weighted by atomic mass is 19.1. The molecule has 0 aliphatic rings. The van der Waals surface area contributed by atoms with Gasteiger partial charge in [0.15, 0.2) is 6.10 Å². The van der Waals surface area contributed by atoms with Crippen LogP contribution in [-0.4, -0.2) is 19.1 Å². The smallest absolute Gasteiger partial charge is 0.265 e. The van der Waals surface area contributed by atoms with Crippen LogP contribution in [-0.2, 0) is 4.79 Å². The van der Waals surface area contributed by atoms with Gasteiger partial charge in [-0.25, -0.2) is 4.39 Å². The van der Waals surface area contributed by atoms with Gasteiger partial charge in [-0.05, 0) is 60.2 Å². The molecule has 0 bridgehead atoms. The third kappa shape index (κ3) is 4.07. The van der Waals surface area contributed by atoms with Crippen LogP contribution in [0, 0.1) is 5.82 Å². The molecule has 1 amide bonds. The zero-order chi connectivity index (χ0) is 17.8. The van der Waals surface area contributed by atoms with Crippen molar-refractivity contribution in [2.24, 2.45) is 0 Å². The first kappa shape index (κ1) is 16.8. The fourth-order valence-corrected chi connectivity index (χ4v) is 2.47. The molecule has 3 rings (SSSR count). The van der Waals surface area contributed by atoms with Gasteiger partial charge in [0.25, 0.3) is 5.91 Å². The summed E-state index contributed by atoms with van der Waals surface area (Å²) >= 11 is 0. The molecule has 0 saturated heterocycles. The molecule has 3 aromatic carbocycles. The Labute approximate surface area is 145 Å². The van der Waals surface area contributed by atoms with Gasteiger partial charge in [-0.15, -0.1) is 0 Å². The fourth-order valence-electron chi connectivity index (χ4n) is 2.47. The quantitative estimate of drug-likeness (QED) is 0.750. The number of fused-ring (bicyclic) bond motifs is 1. The molecule has 5 heteroatoms. The van der Waals surface area contributed by atoms with E-state index in [-0.39, 0.29) is 5.91 Å². The third-order valence-electron chi connectivity index (χ3n) is 3.79. The normalized spacial score (nSPS) is 11.8. The van der Waals surface area contributed by atoms with Crippen LogP contribution in [0.4, 0.5) is 10.1 Å². The molecule has 1 atom stereocenters. The van der Waals surface area contributed by atoms with Gasteiger partial charge >= 0.3 is 0 Å². The van der Waals surface area contributed by atoms with Crippen LogP contribution in [0.5, 0.6) is 11.5 Å². The SMILES string of the molecule is COc1ccc2ccc(O[C@H](C)C(=O)Nc3cccc(F)c3)cc2c1. The van der Waals surface area contributed by atoms with Crippen molar-refractivity contribution < 1.29 is 18.7 Å². The Kier molecular flexibility index (Phi) is 4.84. The first-order chi connectivity index (χ1) is 12.0. The highest BCUT2D eigenvalue weighted by Crippen LogP contribution is 2.25. The molecular formula is C20H18FNO3. The molecule has 0 unspecified atom stereocenters. The van der Waals surface area contributed by atoms with Gasteiger partial charge in [-0.1, -0.05) is 18.2 Å². The predicted octanol–water partition coefficient (Wildman–Crippen LogP) is 4.39. The maximum absolute atomic E-state index is 13.2. The number of nitrogens with one attached hydrogen (secondary N) is 1. The molecule has 0 saturated carbocycles. The molecule has 3 aromatic rings. The molecular weight excluding hydrogens is 321 g/mol. The highest BCUT2D eigenvalue weighted by Gasteiger charge is 2.15. The summed E-state index contributed by atoms with van der Waals surface area (Å²) in [6, 6.07) is 17.1. The lowest BCUT2D eigenvalue weighted by molar-refractivity contribution is -0.122. The van der Waals surface area contributed by atoms with E-state index in [0.29, 0.717) is 11.4 Å². The van der Waals surface area contributed by atoms with Crippen molar-refractivity contribution in [1.29, 1.82) is 0 Å². The molecule has 128 valence electrons. The maximum Gasteiger partial charge on any atom is 0.265 e. The molecule has 0 fully saturated rings. The minimum atomic E-state index is -0.730. The number of anilines is 1. The van der Waals surface area contributed by atoms with Crippen LogP contribution in [0.2, 0.25) is 0 Å². The van der Waals surface area contributed by atoms with Crippen LogP contribution < -0.4 is 14.8 Å². The van der Waals surface area contributed by atoms with Crippen molar-refractivity contribution in [2.45, 2.75) is 13.0 Å². The molecule has 25 heavy (non-hydrogen) atoms. The summed E-state index contributed by atoms with van der Waals surface area (Å²) in [5.74, 6) is 0.565. The number of halogens is 1. The number of benzene rings is 3. The molecule has 0 aliphatic heterocycles. The number of hydrogen-bond donors (Lipinski definition) is 1. The summed E-state index contributed by atoms with van der Waals surface area (Å²) in [7, 11) is 1.61. The Morgan fingerprint density at radius 2 is 1.72 bits per heavy atom. The number of methoxy groups -OCH3 is 1. The van der Waals surface area contributed by atoms with Crippen LogP contribution in [0.15, 0.2) is 60.7 Å². The van der Waals surface area contributed by atoms with E-state index in [1.54, 1.807) is 26.2 Å². The maximum atomic E-state index is 13.2. The predicted molar refractivity (Wildman–Crippen MR) is 95.6 cm³/mol. The molecule has 0 radical (unpaired) electrons. The van der Waals surface area contributed by atoms with Crippen molar-refractivity contribution in [2.75, 3.05) is 12.4 Å². The van der Waals surface area contributed by atoms with Crippen LogP contribution >= 0.6 is 0 Å². The van der Waals surface area contributed by atoms with E-state index in [9.17, 15) is 9.18 Å². The van der Waals surface area contributed by atoms with E-state index in [1.165, 1.54) is 18.2 Å². The third-order valence-corrected chi connectivity index (χ3v) is 3.79. The van der Waals surface area contributed by atoms with E-state index in [1.807, 2.05) is 30.3 Å². The van der Waals surface area contributed by atoms with Crippen LogP contribution in [0.25, 0.3) is 10.8 Å². The van der Waals surface area contributed by atoms with E-state index in [4.69, 9.17) is 9.47 Å². The molecule has 0 aromatic heterocycles. The van der Waals surface area contributed by atoms with E-state index in [2.05, 4.69) is 5.32 Å². The largest absolute Gasteiger partial charge is 0.497 e. The van der Waals surface area contributed by atoms with Crippen molar-refractivity contribution in [1.82, 2.24) is 0 Å².